The molecular weight excluding hydrogens is 354 g/mol. The highest BCUT2D eigenvalue weighted by atomic mass is 35.5. The van der Waals surface area contributed by atoms with Gasteiger partial charge in [0, 0.05) is 37.1 Å². The van der Waals surface area contributed by atoms with Gasteiger partial charge in [-0.05, 0) is 18.9 Å². The molecule has 6 nitrogen and oxygen atoms in total. The molecule has 0 bridgehead atoms. The molecule has 0 spiro atoms. The molecule has 2 amide bonds. The minimum Gasteiger partial charge on any atom is -0.378 e. The molecule has 2 aliphatic heterocycles. The fourth-order valence-corrected chi connectivity index (χ4v) is 4.11. The molecule has 2 aromatic rings. The molecule has 1 atom stereocenters. The van der Waals surface area contributed by atoms with Crippen molar-refractivity contribution < 1.29 is 14.3 Å². The van der Waals surface area contributed by atoms with Crippen LogP contribution in [-0.2, 0) is 9.53 Å². The van der Waals surface area contributed by atoms with Crippen molar-refractivity contribution in [2.75, 3.05) is 39.4 Å². The molecule has 0 radical (unpaired) electrons. The number of nitrogens with zero attached hydrogens (tertiary/aromatic N) is 2. The summed E-state index contributed by atoms with van der Waals surface area (Å²) in [6.07, 6.45) is 1.64. The number of para-hydroxylation sites is 1. The second kappa shape index (κ2) is 7.29. The summed E-state index contributed by atoms with van der Waals surface area (Å²) in [5, 5.41) is 1.29. The lowest BCUT2D eigenvalue weighted by Crippen LogP contribution is -2.49. The lowest BCUT2D eigenvalue weighted by molar-refractivity contribution is -0.141. The Hall–Kier alpha value is -2.05. The molecule has 0 unspecified atom stereocenters. The Morgan fingerprint density at radius 2 is 1.88 bits per heavy atom. The van der Waals surface area contributed by atoms with Gasteiger partial charge >= 0.3 is 0 Å². The van der Waals surface area contributed by atoms with Crippen molar-refractivity contribution in [3.8, 4) is 0 Å². The minimum atomic E-state index is -0.144. The number of likely N-dealkylation sites (tertiary alicyclic amines) is 1. The van der Waals surface area contributed by atoms with Gasteiger partial charge in [-0.25, -0.2) is 0 Å². The number of hydrogen-bond donors (Lipinski definition) is 1. The second-order valence-electron chi connectivity index (χ2n) is 6.89. The number of carbonyl (C=O) groups is 2. The van der Waals surface area contributed by atoms with Crippen molar-refractivity contribution in [1.29, 1.82) is 0 Å². The third kappa shape index (κ3) is 3.19. The molecule has 2 saturated heterocycles. The number of hydrogen-bond acceptors (Lipinski definition) is 3. The van der Waals surface area contributed by atoms with Gasteiger partial charge in [-0.15, -0.1) is 0 Å². The third-order valence-electron chi connectivity index (χ3n) is 5.24. The van der Waals surface area contributed by atoms with Gasteiger partial charge < -0.3 is 19.5 Å². The maximum absolute atomic E-state index is 13.0. The van der Waals surface area contributed by atoms with Crippen LogP contribution >= 0.6 is 11.6 Å². The SMILES string of the molecule is O=C(c1[nH]c2ccccc2c1Cl)N1CCC[C@H](C(=O)N2CCOCC2)C1. The molecule has 138 valence electrons. The fraction of sp³-hybridized carbons (Fsp3) is 0.474. The van der Waals surface area contributed by atoms with Gasteiger partial charge in [0.1, 0.15) is 5.69 Å². The van der Waals surface area contributed by atoms with E-state index in [-0.39, 0.29) is 17.7 Å². The van der Waals surface area contributed by atoms with Gasteiger partial charge in [0.25, 0.3) is 5.91 Å². The predicted octanol–water partition coefficient (Wildman–Crippen LogP) is 2.53. The summed E-state index contributed by atoms with van der Waals surface area (Å²) in [4.78, 5) is 32.5. The zero-order valence-corrected chi connectivity index (χ0v) is 15.3. The Balaban J connectivity index is 1.50. The Bertz CT molecular complexity index is 829. The summed E-state index contributed by atoms with van der Waals surface area (Å²) in [7, 11) is 0. The molecule has 26 heavy (non-hydrogen) atoms. The van der Waals surface area contributed by atoms with Crippen molar-refractivity contribution in [1.82, 2.24) is 14.8 Å². The van der Waals surface area contributed by atoms with E-state index in [0.717, 1.165) is 23.7 Å². The van der Waals surface area contributed by atoms with Crippen LogP contribution in [0.25, 0.3) is 10.9 Å². The number of benzene rings is 1. The molecule has 1 aromatic carbocycles. The predicted molar refractivity (Wildman–Crippen MR) is 99.3 cm³/mol. The number of carbonyl (C=O) groups excluding carboxylic acids is 2. The molecule has 0 saturated carbocycles. The summed E-state index contributed by atoms with van der Waals surface area (Å²) in [6, 6.07) is 7.60. The number of halogens is 1. The molecule has 1 N–H and O–H groups in total. The Morgan fingerprint density at radius 1 is 1.12 bits per heavy atom. The molecule has 1 aromatic heterocycles. The first kappa shape index (κ1) is 17.4. The van der Waals surface area contributed by atoms with Gasteiger partial charge in [-0.2, -0.15) is 0 Å². The van der Waals surface area contributed by atoms with E-state index >= 15 is 0 Å². The summed E-state index contributed by atoms with van der Waals surface area (Å²) < 4.78 is 5.32. The highest BCUT2D eigenvalue weighted by Crippen LogP contribution is 2.29. The van der Waals surface area contributed by atoms with E-state index in [0.29, 0.717) is 50.1 Å². The minimum absolute atomic E-state index is 0.133. The zero-order chi connectivity index (χ0) is 18.1. The molecule has 2 fully saturated rings. The molecular formula is C19H22ClN3O3. The van der Waals surface area contributed by atoms with Crippen LogP contribution < -0.4 is 0 Å². The van der Waals surface area contributed by atoms with E-state index in [2.05, 4.69) is 4.98 Å². The van der Waals surface area contributed by atoms with Crippen molar-refractivity contribution in [3.63, 3.8) is 0 Å². The molecule has 3 heterocycles. The number of fused-ring (bicyclic) bond motifs is 1. The number of aromatic amines is 1. The third-order valence-corrected chi connectivity index (χ3v) is 5.63. The van der Waals surface area contributed by atoms with Crippen LogP contribution in [0, 0.1) is 5.92 Å². The maximum Gasteiger partial charge on any atom is 0.271 e. The zero-order valence-electron chi connectivity index (χ0n) is 14.5. The van der Waals surface area contributed by atoms with E-state index in [1.165, 1.54) is 0 Å². The van der Waals surface area contributed by atoms with E-state index in [1.807, 2.05) is 29.2 Å². The summed E-state index contributed by atoms with van der Waals surface area (Å²) >= 11 is 6.42. The average molecular weight is 376 g/mol. The van der Waals surface area contributed by atoms with Crippen LogP contribution in [0.4, 0.5) is 0 Å². The fourth-order valence-electron chi connectivity index (χ4n) is 3.82. The largest absolute Gasteiger partial charge is 0.378 e. The molecule has 2 aliphatic rings. The van der Waals surface area contributed by atoms with E-state index in [9.17, 15) is 9.59 Å². The number of piperidine rings is 1. The molecule has 4 rings (SSSR count). The summed E-state index contributed by atoms with van der Waals surface area (Å²) in [5.74, 6) is -0.145. The summed E-state index contributed by atoms with van der Waals surface area (Å²) in [6.45, 7) is 3.55. The number of ether oxygens (including phenoxy) is 1. The monoisotopic (exact) mass is 375 g/mol. The first-order valence-electron chi connectivity index (χ1n) is 9.07. The number of rotatable bonds is 2. The normalized spacial score (nSPS) is 21.2. The molecule has 7 heteroatoms. The van der Waals surface area contributed by atoms with Crippen molar-refractivity contribution in [3.05, 3.63) is 35.0 Å². The standard InChI is InChI=1S/C19H22ClN3O3/c20-16-14-5-1-2-6-15(14)21-17(16)19(25)23-7-3-4-13(12-23)18(24)22-8-10-26-11-9-22/h1-2,5-6,13,21H,3-4,7-12H2/t13-/m0/s1. The van der Waals surface area contributed by atoms with Crippen molar-refractivity contribution in [2.45, 2.75) is 12.8 Å². The van der Waals surface area contributed by atoms with Crippen LogP contribution in [0.2, 0.25) is 5.02 Å². The first-order valence-corrected chi connectivity index (χ1v) is 9.45. The Labute approximate surface area is 157 Å². The van der Waals surface area contributed by atoms with Crippen LogP contribution in [0.1, 0.15) is 23.3 Å². The van der Waals surface area contributed by atoms with Crippen LogP contribution in [0.5, 0.6) is 0 Å². The average Bonchev–Trinajstić information content (AvgIpc) is 3.04. The number of aromatic nitrogens is 1. The second-order valence-corrected chi connectivity index (χ2v) is 7.27. The van der Waals surface area contributed by atoms with Gasteiger partial charge in [-0.1, -0.05) is 29.8 Å². The van der Waals surface area contributed by atoms with Gasteiger partial charge in [-0.3, -0.25) is 9.59 Å². The number of morpholine rings is 1. The smallest absolute Gasteiger partial charge is 0.271 e. The Morgan fingerprint density at radius 3 is 2.65 bits per heavy atom. The van der Waals surface area contributed by atoms with Crippen molar-refractivity contribution >= 4 is 34.3 Å². The van der Waals surface area contributed by atoms with E-state index in [1.54, 1.807) is 4.90 Å². The number of nitrogens with one attached hydrogen (secondary N) is 1. The first-order chi connectivity index (χ1) is 12.6. The lowest BCUT2D eigenvalue weighted by atomic mass is 9.96. The number of amides is 2. The van der Waals surface area contributed by atoms with E-state index < -0.39 is 0 Å². The highest BCUT2D eigenvalue weighted by molar-refractivity contribution is 6.38. The number of H-pyrrole nitrogens is 1. The van der Waals surface area contributed by atoms with Gasteiger partial charge in [0.05, 0.1) is 24.2 Å². The van der Waals surface area contributed by atoms with Crippen LogP contribution in [-0.4, -0.2) is 66.0 Å². The highest BCUT2D eigenvalue weighted by Gasteiger charge is 2.33. The lowest BCUT2D eigenvalue weighted by Gasteiger charge is -2.36. The maximum atomic E-state index is 13.0. The van der Waals surface area contributed by atoms with Crippen LogP contribution in [0.3, 0.4) is 0 Å². The summed E-state index contributed by atoms with van der Waals surface area (Å²) in [5.41, 5.74) is 1.26. The van der Waals surface area contributed by atoms with Gasteiger partial charge in [0.15, 0.2) is 0 Å². The van der Waals surface area contributed by atoms with Gasteiger partial charge in [0.2, 0.25) is 5.91 Å². The quantitative estimate of drug-likeness (QED) is 0.877. The molecule has 0 aliphatic carbocycles. The Kier molecular flexibility index (Phi) is 4.87. The topological polar surface area (TPSA) is 65.6 Å². The van der Waals surface area contributed by atoms with E-state index in [4.69, 9.17) is 16.3 Å². The van der Waals surface area contributed by atoms with Crippen molar-refractivity contribution in [2.24, 2.45) is 5.92 Å². The van der Waals surface area contributed by atoms with Crippen LogP contribution in [0.15, 0.2) is 24.3 Å².